The zero-order chi connectivity index (χ0) is 13.9. The molecule has 0 bridgehead atoms. The molecule has 2 aliphatic heterocycles. The molecule has 3 heterocycles. The van der Waals surface area contributed by atoms with Crippen molar-refractivity contribution in [1.82, 2.24) is 20.0 Å². The Morgan fingerprint density at radius 1 is 1.60 bits per heavy atom. The highest BCUT2D eigenvalue weighted by Crippen LogP contribution is 2.13. The number of carbonyl (C=O) groups excluding carboxylic acids is 1. The van der Waals surface area contributed by atoms with Crippen molar-refractivity contribution in [2.24, 2.45) is 0 Å². The van der Waals surface area contributed by atoms with Gasteiger partial charge in [0.1, 0.15) is 0 Å². The summed E-state index contributed by atoms with van der Waals surface area (Å²) in [6.45, 7) is 5.66. The number of ether oxygens (including phenoxy) is 1. The highest BCUT2D eigenvalue weighted by molar-refractivity contribution is 5.82. The van der Waals surface area contributed by atoms with Gasteiger partial charge < -0.3 is 15.0 Å². The van der Waals surface area contributed by atoms with Crippen LogP contribution in [-0.2, 0) is 16.1 Å². The van der Waals surface area contributed by atoms with Gasteiger partial charge in [0, 0.05) is 19.3 Å². The minimum atomic E-state index is 0.0145. The number of hydrogen-bond acceptors (Lipinski definition) is 4. The molecule has 0 spiro atoms. The fraction of sp³-hybridized carbons (Fsp3) is 0.714. The number of morpholine rings is 1. The van der Waals surface area contributed by atoms with Crippen LogP contribution in [0, 0.1) is 6.92 Å². The fourth-order valence-corrected chi connectivity index (χ4v) is 2.92. The van der Waals surface area contributed by atoms with Crippen molar-refractivity contribution in [1.29, 1.82) is 0 Å². The van der Waals surface area contributed by atoms with Crippen molar-refractivity contribution in [3.8, 4) is 0 Å². The highest BCUT2D eigenvalue weighted by Gasteiger charge is 2.30. The minimum Gasteiger partial charge on any atom is -0.373 e. The molecule has 1 aromatic rings. The summed E-state index contributed by atoms with van der Waals surface area (Å²) in [6, 6.07) is 0.0145. The van der Waals surface area contributed by atoms with Gasteiger partial charge in [-0.05, 0) is 31.9 Å². The average molecular weight is 278 g/mol. The maximum absolute atomic E-state index is 12.4. The standard InChI is InChI=1S/C14H22N4O2/c1-11-7-16-18(8-11)10-12-9-17(5-6-20-12)14(19)13-3-2-4-15-13/h7-8,12-13,15H,2-6,9-10H2,1H3/t12?,13-/m0/s1. The summed E-state index contributed by atoms with van der Waals surface area (Å²) in [5, 5.41) is 7.55. The summed E-state index contributed by atoms with van der Waals surface area (Å²) in [5.74, 6) is 0.229. The summed E-state index contributed by atoms with van der Waals surface area (Å²) < 4.78 is 7.65. The Morgan fingerprint density at radius 2 is 2.50 bits per heavy atom. The molecule has 1 amide bonds. The Morgan fingerprint density at radius 3 is 3.20 bits per heavy atom. The summed E-state index contributed by atoms with van der Waals surface area (Å²) >= 11 is 0. The molecule has 6 nitrogen and oxygen atoms in total. The van der Waals surface area contributed by atoms with Crippen LogP contribution in [0.2, 0.25) is 0 Å². The Kier molecular flexibility index (Phi) is 4.03. The summed E-state index contributed by atoms with van der Waals surface area (Å²) in [4.78, 5) is 14.3. The quantitative estimate of drug-likeness (QED) is 0.856. The van der Waals surface area contributed by atoms with Crippen molar-refractivity contribution in [2.75, 3.05) is 26.2 Å². The van der Waals surface area contributed by atoms with Crippen molar-refractivity contribution in [2.45, 2.75) is 38.5 Å². The SMILES string of the molecule is Cc1cnn(CC2CN(C(=O)[C@@H]3CCCN3)CCO2)c1. The number of nitrogens with one attached hydrogen (secondary N) is 1. The van der Waals surface area contributed by atoms with Crippen molar-refractivity contribution in [3.05, 3.63) is 18.0 Å². The molecule has 1 aromatic heterocycles. The molecule has 0 radical (unpaired) electrons. The minimum absolute atomic E-state index is 0.0145. The molecular weight excluding hydrogens is 256 g/mol. The van der Waals surface area contributed by atoms with Crippen LogP contribution in [0.5, 0.6) is 0 Å². The summed E-state index contributed by atoms with van der Waals surface area (Å²) in [6.07, 6.45) is 5.93. The zero-order valence-corrected chi connectivity index (χ0v) is 11.9. The predicted octanol–water partition coefficient (Wildman–Crippen LogP) is 0.171. The first-order valence-electron chi connectivity index (χ1n) is 7.35. The zero-order valence-electron chi connectivity index (χ0n) is 11.9. The second-order valence-corrected chi connectivity index (χ2v) is 5.67. The van der Waals surface area contributed by atoms with E-state index in [1.165, 1.54) is 0 Å². The number of amides is 1. The molecule has 2 atom stereocenters. The van der Waals surface area contributed by atoms with Crippen LogP contribution >= 0.6 is 0 Å². The molecule has 2 aliphatic rings. The maximum atomic E-state index is 12.4. The molecule has 2 saturated heterocycles. The number of aromatic nitrogens is 2. The van der Waals surface area contributed by atoms with Gasteiger partial charge in [-0.1, -0.05) is 0 Å². The van der Waals surface area contributed by atoms with E-state index in [9.17, 15) is 4.79 Å². The van der Waals surface area contributed by atoms with E-state index in [1.807, 2.05) is 28.9 Å². The molecule has 0 saturated carbocycles. The van der Waals surface area contributed by atoms with E-state index in [1.54, 1.807) is 0 Å². The van der Waals surface area contributed by atoms with Crippen molar-refractivity contribution < 1.29 is 9.53 Å². The van der Waals surface area contributed by atoms with Gasteiger partial charge in [-0.25, -0.2) is 0 Å². The van der Waals surface area contributed by atoms with E-state index >= 15 is 0 Å². The number of aryl methyl sites for hydroxylation is 1. The molecule has 1 N–H and O–H groups in total. The van der Waals surface area contributed by atoms with E-state index in [4.69, 9.17) is 4.74 Å². The smallest absolute Gasteiger partial charge is 0.239 e. The number of rotatable bonds is 3. The average Bonchev–Trinajstić information content (AvgIpc) is 3.10. The first-order valence-corrected chi connectivity index (χ1v) is 7.35. The van der Waals surface area contributed by atoms with Crippen molar-refractivity contribution >= 4 is 5.91 Å². The lowest BCUT2D eigenvalue weighted by molar-refractivity contribution is -0.141. The monoisotopic (exact) mass is 278 g/mol. The van der Waals surface area contributed by atoms with Crippen LogP contribution in [0.15, 0.2) is 12.4 Å². The van der Waals surface area contributed by atoms with Gasteiger partial charge in [0.05, 0.1) is 31.5 Å². The van der Waals surface area contributed by atoms with Crippen LogP contribution in [0.25, 0.3) is 0 Å². The molecule has 6 heteroatoms. The lowest BCUT2D eigenvalue weighted by Crippen LogP contribution is -2.52. The van der Waals surface area contributed by atoms with E-state index < -0.39 is 0 Å². The number of nitrogens with zero attached hydrogens (tertiary/aromatic N) is 3. The lowest BCUT2D eigenvalue weighted by Gasteiger charge is -2.34. The lowest BCUT2D eigenvalue weighted by atomic mass is 10.1. The molecule has 0 aromatic carbocycles. The third kappa shape index (κ3) is 3.02. The Hall–Kier alpha value is -1.40. The van der Waals surface area contributed by atoms with Crippen LogP contribution < -0.4 is 5.32 Å². The molecule has 3 rings (SSSR count). The fourth-order valence-electron chi connectivity index (χ4n) is 2.92. The highest BCUT2D eigenvalue weighted by atomic mass is 16.5. The van der Waals surface area contributed by atoms with Crippen LogP contribution in [-0.4, -0.2) is 59.0 Å². The molecular formula is C14H22N4O2. The topological polar surface area (TPSA) is 59.4 Å². The predicted molar refractivity (Wildman–Crippen MR) is 74.3 cm³/mol. The van der Waals surface area contributed by atoms with Gasteiger partial charge >= 0.3 is 0 Å². The van der Waals surface area contributed by atoms with E-state index in [0.29, 0.717) is 26.2 Å². The first kappa shape index (κ1) is 13.6. The van der Waals surface area contributed by atoms with Crippen LogP contribution in [0.4, 0.5) is 0 Å². The van der Waals surface area contributed by atoms with Gasteiger partial charge in [0.15, 0.2) is 0 Å². The van der Waals surface area contributed by atoms with Gasteiger partial charge in [-0.3, -0.25) is 9.48 Å². The molecule has 1 unspecified atom stereocenters. The largest absolute Gasteiger partial charge is 0.373 e. The van der Waals surface area contributed by atoms with Gasteiger partial charge in [-0.15, -0.1) is 0 Å². The molecule has 2 fully saturated rings. The third-order valence-electron chi connectivity index (χ3n) is 3.96. The number of hydrogen-bond donors (Lipinski definition) is 1. The van der Waals surface area contributed by atoms with Crippen molar-refractivity contribution in [3.63, 3.8) is 0 Å². The van der Waals surface area contributed by atoms with E-state index in [2.05, 4.69) is 10.4 Å². The maximum Gasteiger partial charge on any atom is 0.239 e. The van der Waals surface area contributed by atoms with E-state index in [0.717, 1.165) is 24.9 Å². The van der Waals surface area contributed by atoms with Gasteiger partial charge in [-0.2, -0.15) is 5.10 Å². The number of carbonyl (C=O) groups is 1. The Bertz CT molecular complexity index is 467. The normalized spacial score (nSPS) is 26.9. The second kappa shape index (κ2) is 5.93. The Labute approximate surface area is 119 Å². The first-order chi connectivity index (χ1) is 9.72. The molecule has 0 aliphatic carbocycles. The molecule has 20 heavy (non-hydrogen) atoms. The Balaban J connectivity index is 1.57. The second-order valence-electron chi connectivity index (χ2n) is 5.67. The van der Waals surface area contributed by atoms with Gasteiger partial charge in [0.2, 0.25) is 5.91 Å². The summed E-state index contributed by atoms with van der Waals surface area (Å²) in [7, 11) is 0. The van der Waals surface area contributed by atoms with Gasteiger partial charge in [0.25, 0.3) is 0 Å². The van der Waals surface area contributed by atoms with Crippen LogP contribution in [0.3, 0.4) is 0 Å². The summed E-state index contributed by atoms with van der Waals surface area (Å²) in [5.41, 5.74) is 1.14. The van der Waals surface area contributed by atoms with E-state index in [-0.39, 0.29) is 18.1 Å². The molecule has 110 valence electrons. The van der Waals surface area contributed by atoms with Crippen LogP contribution in [0.1, 0.15) is 18.4 Å². The third-order valence-corrected chi connectivity index (χ3v) is 3.96.